The van der Waals surface area contributed by atoms with Gasteiger partial charge >= 0.3 is 0 Å². The Bertz CT molecular complexity index is 761. The Morgan fingerprint density at radius 1 is 1.16 bits per heavy atom. The zero-order chi connectivity index (χ0) is 17.8. The Morgan fingerprint density at radius 3 is 2.60 bits per heavy atom. The summed E-state index contributed by atoms with van der Waals surface area (Å²) in [6.07, 6.45) is 0.716. The molecule has 1 atom stereocenters. The van der Waals surface area contributed by atoms with Crippen molar-refractivity contribution in [2.24, 2.45) is 0 Å². The normalized spacial score (nSPS) is 17.5. The summed E-state index contributed by atoms with van der Waals surface area (Å²) in [5.74, 6) is 0.561. The van der Waals surface area contributed by atoms with E-state index in [2.05, 4.69) is 0 Å². The molecule has 3 rings (SSSR count). The maximum absolute atomic E-state index is 12.6. The number of hydrogen-bond donors (Lipinski definition) is 0. The van der Waals surface area contributed by atoms with Gasteiger partial charge in [-0.05, 0) is 24.1 Å². The highest BCUT2D eigenvalue weighted by Gasteiger charge is 2.34. The molecule has 130 valence electrons. The van der Waals surface area contributed by atoms with E-state index in [1.807, 2.05) is 54.6 Å². The molecular weight excluding hydrogens is 316 g/mol. The first-order valence-corrected chi connectivity index (χ1v) is 8.34. The number of carbonyl (C=O) groups is 2. The minimum absolute atomic E-state index is 0.0520. The molecule has 2 aromatic carbocycles. The Kier molecular flexibility index (Phi) is 5.03. The molecule has 1 heterocycles. The third-order valence-electron chi connectivity index (χ3n) is 4.52. The molecule has 1 fully saturated rings. The van der Waals surface area contributed by atoms with Crippen LogP contribution in [0.2, 0.25) is 0 Å². The molecule has 25 heavy (non-hydrogen) atoms. The first-order valence-electron chi connectivity index (χ1n) is 8.34. The largest absolute Gasteiger partial charge is 0.497 e. The Balaban J connectivity index is 1.86. The SMILES string of the molecule is COc1cccc(N2CC(Cc3ccccc3)N(C(C)=O)CC2=O)c1. The van der Waals surface area contributed by atoms with Crippen LogP contribution in [0.3, 0.4) is 0 Å². The molecule has 5 nitrogen and oxygen atoms in total. The predicted octanol–water partition coefficient (Wildman–Crippen LogP) is 2.50. The fraction of sp³-hybridized carbons (Fsp3) is 0.300. The maximum Gasteiger partial charge on any atom is 0.246 e. The number of piperazine rings is 1. The molecule has 2 aromatic rings. The Labute approximate surface area is 147 Å². The summed E-state index contributed by atoms with van der Waals surface area (Å²) in [7, 11) is 1.60. The molecule has 0 spiro atoms. The van der Waals surface area contributed by atoms with Crippen molar-refractivity contribution < 1.29 is 14.3 Å². The summed E-state index contributed by atoms with van der Waals surface area (Å²) < 4.78 is 5.26. The van der Waals surface area contributed by atoms with Crippen molar-refractivity contribution >= 4 is 17.5 Å². The highest BCUT2D eigenvalue weighted by atomic mass is 16.5. The van der Waals surface area contributed by atoms with Gasteiger partial charge < -0.3 is 14.5 Å². The highest BCUT2D eigenvalue weighted by molar-refractivity contribution is 5.98. The molecule has 1 aliphatic rings. The van der Waals surface area contributed by atoms with E-state index < -0.39 is 0 Å². The monoisotopic (exact) mass is 338 g/mol. The van der Waals surface area contributed by atoms with Gasteiger partial charge in [-0.15, -0.1) is 0 Å². The van der Waals surface area contributed by atoms with Crippen LogP contribution < -0.4 is 9.64 Å². The van der Waals surface area contributed by atoms with Crippen molar-refractivity contribution in [2.45, 2.75) is 19.4 Å². The van der Waals surface area contributed by atoms with E-state index in [1.165, 1.54) is 6.92 Å². The lowest BCUT2D eigenvalue weighted by atomic mass is 10.0. The molecule has 5 heteroatoms. The van der Waals surface area contributed by atoms with Gasteiger partial charge in [0.05, 0.1) is 13.2 Å². The van der Waals surface area contributed by atoms with Crippen LogP contribution >= 0.6 is 0 Å². The second kappa shape index (κ2) is 7.38. The van der Waals surface area contributed by atoms with Crippen LogP contribution in [0.15, 0.2) is 54.6 Å². The summed E-state index contributed by atoms with van der Waals surface area (Å²) in [6, 6.07) is 17.4. The van der Waals surface area contributed by atoms with Gasteiger partial charge in [-0.1, -0.05) is 36.4 Å². The third-order valence-corrected chi connectivity index (χ3v) is 4.52. The van der Waals surface area contributed by atoms with Crippen LogP contribution in [-0.4, -0.2) is 43.0 Å². The second-order valence-electron chi connectivity index (χ2n) is 6.20. The summed E-state index contributed by atoms with van der Waals surface area (Å²) in [5.41, 5.74) is 1.95. The lowest BCUT2D eigenvalue weighted by molar-refractivity contribution is -0.137. The minimum atomic E-state index is -0.0761. The molecule has 0 aliphatic carbocycles. The number of nitrogens with zero attached hydrogens (tertiary/aromatic N) is 2. The van der Waals surface area contributed by atoms with Gasteiger partial charge in [0.1, 0.15) is 12.3 Å². The first-order chi connectivity index (χ1) is 12.1. The van der Waals surface area contributed by atoms with Crippen molar-refractivity contribution in [3.05, 3.63) is 60.2 Å². The van der Waals surface area contributed by atoms with E-state index in [-0.39, 0.29) is 24.4 Å². The highest BCUT2D eigenvalue weighted by Crippen LogP contribution is 2.25. The number of methoxy groups -OCH3 is 1. The zero-order valence-corrected chi connectivity index (χ0v) is 14.5. The van der Waals surface area contributed by atoms with Gasteiger partial charge in [0, 0.05) is 25.2 Å². The molecule has 2 amide bonds. The van der Waals surface area contributed by atoms with Crippen molar-refractivity contribution in [3.63, 3.8) is 0 Å². The molecule has 1 saturated heterocycles. The van der Waals surface area contributed by atoms with Crippen molar-refractivity contribution in [2.75, 3.05) is 25.1 Å². The minimum Gasteiger partial charge on any atom is -0.497 e. The van der Waals surface area contributed by atoms with Crippen molar-refractivity contribution in [1.29, 1.82) is 0 Å². The van der Waals surface area contributed by atoms with Gasteiger partial charge in [-0.2, -0.15) is 0 Å². The number of anilines is 1. The van der Waals surface area contributed by atoms with Gasteiger partial charge in [0.15, 0.2) is 0 Å². The summed E-state index contributed by atoms with van der Waals surface area (Å²) >= 11 is 0. The van der Waals surface area contributed by atoms with Crippen LogP contribution in [0.5, 0.6) is 5.75 Å². The molecule has 1 aliphatic heterocycles. The molecule has 0 saturated carbocycles. The molecule has 0 aromatic heterocycles. The standard InChI is InChI=1S/C20H22N2O3/c1-15(23)21-14-20(24)22(17-9-6-10-19(12-17)25-2)13-18(21)11-16-7-4-3-5-8-16/h3-10,12,18H,11,13-14H2,1-2H3. The number of ether oxygens (including phenoxy) is 1. The number of hydrogen-bond acceptors (Lipinski definition) is 3. The number of benzene rings is 2. The Morgan fingerprint density at radius 2 is 1.92 bits per heavy atom. The van der Waals surface area contributed by atoms with Crippen LogP contribution in [0.4, 0.5) is 5.69 Å². The van der Waals surface area contributed by atoms with Crippen LogP contribution in [0.1, 0.15) is 12.5 Å². The zero-order valence-electron chi connectivity index (χ0n) is 14.5. The quantitative estimate of drug-likeness (QED) is 0.861. The van der Waals surface area contributed by atoms with Gasteiger partial charge in [-0.3, -0.25) is 9.59 Å². The molecule has 0 bridgehead atoms. The van der Waals surface area contributed by atoms with Crippen molar-refractivity contribution in [3.8, 4) is 5.75 Å². The maximum atomic E-state index is 12.6. The molecule has 0 N–H and O–H groups in total. The van der Waals surface area contributed by atoms with E-state index in [4.69, 9.17) is 4.74 Å². The van der Waals surface area contributed by atoms with Crippen molar-refractivity contribution in [1.82, 2.24) is 4.90 Å². The summed E-state index contributed by atoms with van der Waals surface area (Å²) in [4.78, 5) is 28.0. The van der Waals surface area contributed by atoms with E-state index in [0.29, 0.717) is 18.7 Å². The molecule has 0 radical (unpaired) electrons. The topological polar surface area (TPSA) is 49.9 Å². The average molecular weight is 338 g/mol. The third kappa shape index (κ3) is 3.82. The number of carbonyl (C=O) groups excluding carboxylic acids is 2. The Hall–Kier alpha value is -2.82. The van der Waals surface area contributed by atoms with Crippen LogP contribution in [0.25, 0.3) is 0 Å². The fourth-order valence-corrected chi connectivity index (χ4v) is 3.23. The summed E-state index contributed by atoms with van der Waals surface area (Å²) in [6.45, 7) is 2.09. The van der Waals surface area contributed by atoms with E-state index in [0.717, 1.165) is 11.3 Å². The second-order valence-corrected chi connectivity index (χ2v) is 6.20. The van der Waals surface area contributed by atoms with E-state index in [9.17, 15) is 9.59 Å². The smallest absolute Gasteiger partial charge is 0.246 e. The fourth-order valence-electron chi connectivity index (χ4n) is 3.23. The average Bonchev–Trinajstić information content (AvgIpc) is 2.63. The molecular formula is C20H22N2O3. The molecule has 1 unspecified atom stereocenters. The van der Waals surface area contributed by atoms with Gasteiger partial charge in [-0.25, -0.2) is 0 Å². The lowest BCUT2D eigenvalue weighted by Crippen LogP contribution is -2.58. The summed E-state index contributed by atoms with van der Waals surface area (Å²) in [5, 5.41) is 0. The number of rotatable bonds is 4. The predicted molar refractivity (Wildman–Crippen MR) is 96.7 cm³/mol. The lowest BCUT2D eigenvalue weighted by Gasteiger charge is -2.40. The van der Waals surface area contributed by atoms with Gasteiger partial charge in [0.25, 0.3) is 0 Å². The first kappa shape index (κ1) is 17.0. The van der Waals surface area contributed by atoms with Crippen LogP contribution in [0, 0.1) is 0 Å². The van der Waals surface area contributed by atoms with E-state index >= 15 is 0 Å². The number of amides is 2. The van der Waals surface area contributed by atoms with E-state index in [1.54, 1.807) is 16.9 Å². The van der Waals surface area contributed by atoms with Gasteiger partial charge in [0.2, 0.25) is 11.8 Å². The van der Waals surface area contributed by atoms with Crippen LogP contribution in [-0.2, 0) is 16.0 Å².